The third-order valence-corrected chi connectivity index (χ3v) is 4.71. The van der Waals surface area contributed by atoms with Gasteiger partial charge in [0.1, 0.15) is 5.75 Å². The van der Waals surface area contributed by atoms with Crippen LogP contribution in [0.2, 0.25) is 19.6 Å². The molecule has 0 aliphatic carbocycles. The molecule has 23 heavy (non-hydrogen) atoms. The molecular formula is C20H24O2Si. The first-order valence-corrected chi connectivity index (χ1v) is 11.4. The topological polar surface area (TPSA) is 26.3 Å². The van der Waals surface area contributed by atoms with E-state index < -0.39 is 8.07 Å². The van der Waals surface area contributed by atoms with Crippen LogP contribution in [0.15, 0.2) is 54.2 Å². The Bertz CT molecular complexity index is 725. The molecule has 0 unspecified atom stereocenters. The van der Waals surface area contributed by atoms with Gasteiger partial charge in [-0.05, 0) is 29.7 Å². The summed E-state index contributed by atoms with van der Waals surface area (Å²) in [5.41, 5.74) is 6.21. The molecule has 0 bridgehead atoms. The number of ether oxygens (including phenoxy) is 1. The fourth-order valence-electron chi connectivity index (χ4n) is 2.66. The third kappa shape index (κ3) is 4.20. The Kier molecular flexibility index (Phi) is 5.22. The molecule has 0 radical (unpaired) electrons. The largest absolute Gasteiger partial charge is 0.496 e. The number of benzene rings is 2. The number of rotatable bonds is 5. The molecule has 2 aromatic carbocycles. The van der Waals surface area contributed by atoms with Crippen LogP contribution in [0.5, 0.6) is 5.75 Å². The lowest BCUT2D eigenvalue weighted by Crippen LogP contribution is -2.17. The maximum absolute atomic E-state index is 12.3. The molecular weight excluding hydrogens is 300 g/mol. The standard InChI is InChI=1S/C20H24O2Si/c1-15(21)20-17(12-9-13-19(20)22-2)18(14-23(3,4)5)16-10-7-6-8-11-16/h6-14H,1-5H3/b18-14+. The van der Waals surface area contributed by atoms with Gasteiger partial charge in [-0.3, -0.25) is 4.79 Å². The van der Waals surface area contributed by atoms with Crippen LogP contribution in [-0.2, 0) is 0 Å². The summed E-state index contributed by atoms with van der Waals surface area (Å²) in [6, 6.07) is 16.1. The molecule has 2 aromatic rings. The molecule has 0 atom stereocenters. The van der Waals surface area contributed by atoms with E-state index in [-0.39, 0.29) is 5.78 Å². The Morgan fingerprint density at radius 3 is 2.17 bits per heavy atom. The maximum Gasteiger partial charge on any atom is 0.164 e. The van der Waals surface area contributed by atoms with E-state index in [2.05, 4.69) is 37.5 Å². The van der Waals surface area contributed by atoms with E-state index >= 15 is 0 Å². The summed E-state index contributed by atoms with van der Waals surface area (Å²) in [5, 5.41) is 0. The van der Waals surface area contributed by atoms with Gasteiger partial charge in [-0.1, -0.05) is 67.8 Å². The Hall–Kier alpha value is -2.13. The van der Waals surface area contributed by atoms with E-state index in [1.54, 1.807) is 14.0 Å². The number of carbonyl (C=O) groups excluding carboxylic acids is 1. The van der Waals surface area contributed by atoms with Crippen molar-refractivity contribution in [1.82, 2.24) is 0 Å². The predicted octanol–water partition coefficient (Wildman–Crippen LogP) is 5.21. The summed E-state index contributed by atoms with van der Waals surface area (Å²) < 4.78 is 5.43. The third-order valence-electron chi connectivity index (χ3n) is 3.55. The van der Waals surface area contributed by atoms with Crippen molar-refractivity contribution in [3.05, 3.63) is 70.9 Å². The highest BCUT2D eigenvalue weighted by Crippen LogP contribution is 2.33. The van der Waals surface area contributed by atoms with Crippen molar-refractivity contribution >= 4 is 19.4 Å². The first-order chi connectivity index (χ1) is 10.8. The summed E-state index contributed by atoms with van der Waals surface area (Å²) in [4.78, 5) is 12.3. The number of Topliss-reactive ketones (excluding diaryl/α,β-unsaturated/α-hetero) is 1. The molecule has 0 N–H and O–H groups in total. The summed E-state index contributed by atoms with van der Waals surface area (Å²) in [5.74, 6) is 0.655. The highest BCUT2D eigenvalue weighted by molar-refractivity contribution is 6.81. The van der Waals surface area contributed by atoms with Crippen molar-refractivity contribution in [2.75, 3.05) is 7.11 Å². The van der Waals surface area contributed by atoms with Crippen LogP contribution in [0.3, 0.4) is 0 Å². The van der Waals surface area contributed by atoms with Gasteiger partial charge in [0, 0.05) is 0 Å². The minimum Gasteiger partial charge on any atom is -0.496 e. The fourth-order valence-corrected chi connectivity index (χ4v) is 3.84. The second kappa shape index (κ2) is 6.96. The molecule has 0 aromatic heterocycles. The molecule has 120 valence electrons. The smallest absolute Gasteiger partial charge is 0.164 e. The molecule has 0 fully saturated rings. The first-order valence-electron chi connectivity index (χ1n) is 7.80. The van der Waals surface area contributed by atoms with Crippen molar-refractivity contribution in [3.8, 4) is 5.75 Å². The van der Waals surface area contributed by atoms with Crippen LogP contribution in [0.1, 0.15) is 28.4 Å². The van der Waals surface area contributed by atoms with Gasteiger partial charge in [0.05, 0.1) is 20.7 Å². The number of methoxy groups -OCH3 is 1. The van der Waals surface area contributed by atoms with Gasteiger partial charge in [0.2, 0.25) is 0 Å². The molecule has 3 heteroatoms. The van der Waals surface area contributed by atoms with Crippen molar-refractivity contribution in [1.29, 1.82) is 0 Å². The molecule has 0 amide bonds. The second-order valence-corrected chi connectivity index (χ2v) is 11.7. The van der Waals surface area contributed by atoms with E-state index in [0.717, 1.165) is 16.7 Å². The monoisotopic (exact) mass is 324 g/mol. The van der Waals surface area contributed by atoms with Gasteiger partial charge in [-0.2, -0.15) is 0 Å². The van der Waals surface area contributed by atoms with E-state index in [1.165, 1.54) is 0 Å². The van der Waals surface area contributed by atoms with Gasteiger partial charge in [0.15, 0.2) is 5.78 Å². The summed E-state index contributed by atoms with van der Waals surface area (Å²) in [6.45, 7) is 8.48. The summed E-state index contributed by atoms with van der Waals surface area (Å²) >= 11 is 0. The summed E-state index contributed by atoms with van der Waals surface area (Å²) in [7, 11) is 0.122. The fraction of sp³-hybridized carbons (Fsp3) is 0.250. The van der Waals surface area contributed by atoms with E-state index in [9.17, 15) is 4.79 Å². The van der Waals surface area contributed by atoms with Gasteiger partial charge in [-0.15, -0.1) is 0 Å². The second-order valence-electron chi connectivity index (χ2n) is 6.73. The van der Waals surface area contributed by atoms with Gasteiger partial charge in [-0.25, -0.2) is 0 Å². The first kappa shape index (κ1) is 17.2. The molecule has 0 saturated heterocycles. The minimum absolute atomic E-state index is 0.0230. The lowest BCUT2D eigenvalue weighted by Gasteiger charge is -2.19. The quantitative estimate of drug-likeness (QED) is 0.557. The van der Waals surface area contributed by atoms with Crippen molar-refractivity contribution in [2.45, 2.75) is 26.6 Å². The van der Waals surface area contributed by atoms with Gasteiger partial charge >= 0.3 is 0 Å². The SMILES string of the molecule is COc1cccc(/C(=C/[Si](C)(C)C)c2ccccc2)c1C(C)=O. The molecule has 0 aliphatic rings. The summed E-state index contributed by atoms with van der Waals surface area (Å²) in [6.07, 6.45) is 0. The molecule has 2 nitrogen and oxygen atoms in total. The number of carbonyl (C=O) groups is 1. The van der Waals surface area contributed by atoms with Crippen molar-refractivity contribution in [3.63, 3.8) is 0 Å². The molecule has 0 spiro atoms. The normalized spacial score (nSPS) is 12.1. The van der Waals surface area contributed by atoms with Gasteiger partial charge in [0.25, 0.3) is 0 Å². The Morgan fingerprint density at radius 1 is 1.00 bits per heavy atom. The zero-order valence-corrected chi connectivity index (χ0v) is 15.5. The molecule has 2 rings (SSSR count). The van der Waals surface area contributed by atoms with E-state index in [0.29, 0.717) is 11.3 Å². The zero-order valence-electron chi connectivity index (χ0n) is 14.5. The van der Waals surface area contributed by atoms with Crippen LogP contribution >= 0.6 is 0 Å². The molecule has 0 aliphatic heterocycles. The zero-order chi connectivity index (χ0) is 17.0. The Labute approximate surface area is 139 Å². The highest BCUT2D eigenvalue weighted by atomic mass is 28.3. The number of ketones is 1. The van der Waals surface area contributed by atoms with Gasteiger partial charge < -0.3 is 4.74 Å². The average Bonchev–Trinajstić information content (AvgIpc) is 2.51. The lowest BCUT2D eigenvalue weighted by atomic mass is 9.93. The van der Waals surface area contributed by atoms with Crippen LogP contribution in [-0.4, -0.2) is 21.0 Å². The molecule has 0 saturated carbocycles. The van der Waals surface area contributed by atoms with E-state index in [1.807, 2.05) is 36.4 Å². The predicted molar refractivity (Wildman–Crippen MR) is 99.9 cm³/mol. The van der Waals surface area contributed by atoms with Crippen LogP contribution in [0.4, 0.5) is 0 Å². The number of hydrogen-bond donors (Lipinski definition) is 0. The highest BCUT2D eigenvalue weighted by Gasteiger charge is 2.20. The van der Waals surface area contributed by atoms with Crippen molar-refractivity contribution in [2.24, 2.45) is 0 Å². The van der Waals surface area contributed by atoms with Crippen LogP contribution in [0.25, 0.3) is 5.57 Å². The minimum atomic E-state index is -1.49. The maximum atomic E-state index is 12.3. The van der Waals surface area contributed by atoms with Crippen molar-refractivity contribution < 1.29 is 9.53 Å². The Morgan fingerprint density at radius 2 is 1.65 bits per heavy atom. The average molecular weight is 324 g/mol. The molecule has 0 heterocycles. The van der Waals surface area contributed by atoms with Crippen LogP contribution in [0, 0.1) is 0 Å². The van der Waals surface area contributed by atoms with Crippen LogP contribution < -0.4 is 4.74 Å². The van der Waals surface area contributed by atoms with E-state index in [4.69, 9.17) is 4.74 Å². The lowest BCUT2D eigenvalue weighted by molar-refractivity contribution is 0.101. The number of hydrogen-bond acceptors (Lipinski definition) is 2. The Balaban J connectivity index is 2.76.